The van der Waals surface area contributed by atoms with E-state index >= 15 is 0 Å². The molecule has 0 saturated carbocycles. The first-order chi connectivity index (χ1) is 12.3. The van der Waals surface area contributed by atoms with Gasteiger partial charge < -0.3 is 10.6 Å². The summed E-state index contributed by atoms with van der Waals surface area (Å²) >= 11 is 2.45. The second kappa shape index (κ2) is 7.54. The van der Waals surface area contributed by atoms with Gasteiger partial charge in [-0.3, -0.25) is 0 Å². The number of rotatable bonds is 6. The monoisotopic (exact) mass is 401 g/mol. The molecule has 0 amide bonds. The number of halogens is 3. The number of aromatic nitrogens is 4. The largest absolute Gasteiger partial charge is 0.486 e. The van der Waals surface area contributed by atoms with Crippen molar-refractivity contribution >= 4 is 23.1 Å². The highest BCUT2D eigenvalue weighted by Crippen LogP contribution is 2.30. The van der Waals surface area contributed by atoms with Gasteiger partial charge in [0.2, 0.25) is 5.16 Å². The SMILES string of the molecule is Cc1ccc(OCc2nc(CSc3nnc(C(F)(F)F)n3N)cs2)cc1. The predicted octanol–water partition coefficient (Wildman–Crippen LogP) is 3.65. The topological polar surface area (TPSA) is 78.9 Å². The molecule has 0 fully saturated rings. The van der Waals surface area contributed by atoms with Gasteiger partial charge >= 0.3 is 6.18 Å². The fourth-order valence-corrected chi connectivity index (χ4v) is 3.53. The molecule has 3 aromatic rings. The lowest BCUT2D eigenvalue weighted by atomic mass is 10.2. The minimum atomic E-state index is -4.64. The number of hydrogen-bond acceptors (Lipinski definition) is 7. The van der Waals surface area contributed by atoms with Crippen LogP contribution in [0.1, 0.15) is 22.1 Å². The number of aryl methyl sites for hydroxylation is 1. The molecule has 3 rings (SSSR count). The molecule has 0 aliphatic rings. The van der Waals surface area contributed by atoms with Crippen LogP contribution in [0.2, 0.25) is 0 Å². The van der Waals surface area contributed by atoms with Gasteiger partial charge in [0.15, 0.2) is 0 Å². The highest BCUT2D eigenvalue weighted by Gasteiger charge is 2.38. The van der Waals surface area contributed by atoms with Crippen LogP contribution in [0.5, 0.6) is 5.75 Å². The lowest BCUT2D eigenvalue weighted by molar-refractivity contribution is -0.146. The Morgan fingerprint density at radius 1 is 1.23 bits per heavy atom. The van der Waals surface area contributed by atoms with Crippen molar-refractivity contribution in [3.05, 3.63) is 51.7 Å². The molecular weight excluding hydrogens is 387 g/mol. The lowest BCUT2D eigenvalue weighted by Crippen LogP contribution is -2.21. The van der Waals surface area contributed by atoms with Crippen molar-refractivity contribution < 1.29 is 17.9 Å². The number of thioether (sulfide) groups is 1. The van der Waals surface area contributed by atoms with Gasteiger partial charge in [-0.1, -0.05) is 29.5 Å². The van der Waals surface area contributed by atoms with Crippen LogP contribution in [-0.4, -0.2) is 19.9 Å². The number of hydrogen-bond donors (Lipinski definition) is 1. The zero-order valence-corrected chi connectivity index (χ0v) is 15.2. The summed E-state index contributed by atoms with van der Waals surface area (Å²) < 4.78 is 44.0. The standard InChI is InChI=1S/C15H14F3N5OS2/c1-9-2-4-11(5-3-9)24-6-12-20-10(7-25-12)8-26-14-22-21-13(23(14)19)15(16,17)18/h2-5,7H,6,8,19H2,1H3. The number of thiazole rings is 1. The van der Waals surface area contributed by atoms with Crippen molar-refractivity contribution in [2.45, 2.75) is 30.6 Å². The van der Waals surface area contributed by atoms with Gasteiger partial charge in [-0.25, -0.2) is 9.66 Å². The maximum absolute atomic E-state index is 12.6. The Morgan fingerprint density at radius 2 is 1.96 bits per heavy atom. The first-order valence-electron chi connectivity index (χ1n) is 7.36. The second-order valence-electron chi connectivity index (χ2n) is 5.30. The van der Waals surface area contributed by atoms with E-state index in [2.05, 4.69) is 15.2 Å². The molecule has 26 heavy (non-hydrogen) atoms. The summed E-state index contributed by atoms with van der Waals surface area (Å²) in [5.74, 6) is 5.24. The van der Waals surface area contributed by atoms with E-state index in [1.54, 1.807) is 0 Å². The quantitative estimate of drug-likeness (QED) is 0.502. The van der Waals surface area contributed by atoms with Crippen LogP contribution in [0.3, 0.4) is 0 Å². The molecule has 2 N–H and O–H groups in total. The van der Waals surface area contributed by atoms with Crippen LogP contribution >= 0.6 is 23.1 Å². The van der Waals surface area contributed by atoms with Crippen LogP contribution in [0.25, 0.3) is 0 Å². The van der Waals surface area contributed by atoms with Crippen molar-refractivity contribution in [3.63, 3.8) is 0 Å². The van der Waals surface area contributed by atoms with Crippen molar-refractivity contribution in [2.75, 3.05) is 5.84 Å². The van der Waals surface area contributed by atoms with Gasteiger partial charge in [0.25, 0.3) is 5.82 Å². The maximum Gasteiger partial charge on any atom is 0.453 e. The summed E-state index contributed by atoms with van der Waals surface area (Å²) in [5.41, 5.74) is 1.85. The average molecular weight is 401 g/mol. The van der Waals surface area contributed by atoms with E-state index in [4.69, 9.17) is 10.6 Å². The van der Waals surface area contributed by atoms with Crippen LogP contribution in [0.15, 0.2) is 34.8 Å². The first kappa shape index (κ1) is 18.5. The summed E-state index contributed by atoms with van der Waals surface area (Å²) in [4.78, 5) is 4.40. The van der Waals surface area contributed by atoms with Gasteiger partial charge in [-0.05, 0) is 19.1 Å². The van der Waals surface area contributed by atoms with Crippen molar-refractivity contribution in [2.24, 2.45) is 0 Å². The number of ether oxygens (including phenoxy) is 1. The molecule has 0 atom stereocenters. The third kappa shape index (κ3) is 4.47. The van der Waals surface area contributed by atoms with Crippen molar-refractivity contribution in [3.8, 4) is 5.75 Å². The second-order valence-corrected chi connectivity index (χ2v) is 7.18. The molecule has 2 aromatic heterocycles. The molecule has 11 heteroatoms. The smallest absolute Gasteiger partial charge is 0.453 e. The van der Waals surface area contributed by atoms with E-state index in [9.17, 15) is 13.2 Å². The summed E-state index contributed by atoms with van der Waals surface area (Å²) in [6, 6.07) is 7.67. The summed E-state index contributed by atoms with van der Waals surface area (Å²) in [5, 5.41) is 9.11. The van der Waals surface area contributed by atoms with E-state index in [0.717, 1.165) is 28.1 Å². The fourth-order valence-electron chi connectivity index (χ4n) is 1.97. The average Bonchev–Trinajstić information content (AvgIpc) is 3.18. The number of benzene rings is 1. The minimum Gasteiger partial charge on any atom is -0.486 e. The summed E-state index contributed by atoms with van der Waals surface area (Å²) in [6.07, 6.45) is -4.64. The third-order valence-corrected chi connectivity index (χ3v) is 5.10. The van der Waals surface area contributed by atoms with Gasteiger partial charge in [0.05, 0.1) is 5.69 Å². The van der Waals surface area contributed by atoms with E-state index in [1.165, 1.54) is 11.3 Å². The molecule has 0 aliphatic carbocycles. The minimum absolute atomic E-state index is 0.0252. The van der Waals surface area contributed by atoms with Crippen LogP contribution in [0, 0.1) is 6.92 Å². The molecule has 6 nitrogen and oxygen atoms in total. The highest BCUT2D eigenvalue weighted by molar-refractivity contribution is 7.98. The highest BCUT2D eigenvalue weighted by atomic mass is 32.2. The summed E-state index contributed by atoms with van der Waals surface area (Å²) in [7, 11) is 0. The van der Waals surface area contributed by atoms with Gasteiger partial charge in [0, 0.05) is 11.1 Å². The number of nitrogens with two attached hydrogens (primary N) is 1. The van der Waals surface area contributed by atoms with Gasteiger partial charge in [0.1, 0.15) is 17.4 Å². The zero-order chi connectivity index (χ0) is 18.7. The Balaban J connectivity index is 1.55. The Kier molecular flexibility index (Phi) is 5.37. The van der Waals surface area contributed by atoms with Gasteiger partial charge in [-0.2, -0.15) is 13.2 Å². The number of nitrogen functional groups attached to an aromatic ring is 1. The van der Waals surface area contributed by atoms with E-state index in [1.807, 2.05) is 36.6 Å². The van der Waals surface area contributed by atoms with Gasteiger partial charge in [-0.15, -0.1) is 21.5 Å². The Hall–Kier alpha value is -2.27. The molecule has 0 bridgehead atoms. The van der Waals surface area contributed by atoms with E-state index < -0.39 is 12.0 Å². The van der Waals surface area contributed by atoms with Crippen molar-refractivity contribution in [1.29, 1.82) is 0 Å². The lowest BCUT2D eigenvalue weighted by Gasteiger charge is -2.05. The molecule has 0 unspecified atom stereocenters. The van der Waals surface area contributed by atoms with E-state index in [0.29, 0.717) is 22.7 Å². The van der Waals surface area contributed by atoms with Crippen molar-refractivity contribution in [1.82, 2.24) is 19.9 Å². The summed E-state index contributed by atoms with van der Waals surface area (Å²) in [6.45, 7) is 2.32. The molecular formula is C15H14F3N5OS2. The first-order valence-corrected chi connectivity index (χ1v) is 9.22. The van der Waals surface area contributed by atoms with E-state index in [-0.39, 0.29) is 5.16 Å². The van der Waals surface area contributed by atoms with Crippen LogP contribution < -0.4 is 10.6 Å². The number of nitrogens with zero attached hydrogens (tertiary/aromatic N) is 4. The Bertz CT molecular complexity index is 876. The Labute approximate surface area is 155 Å². The van der Waals surface area contributed by atoms with Crippen LogP contribution in [-0.2, 0) is 18.5 Å². The molecule has 0 radical (unpaired) electrons. The van der Waals surface area contributed by atoms with Crippen LogP contribution in [0.4, 0.5) is 13.2 Å². The Morgan fingerprint density at radius 3 is 2.62 bits per heavy atom. The predicted molar refractivity (Wildman–Crippen MR) is 92.4 cm³/mol. The zero-order valence-electron chi connectivity index (χ0n) is 13.5. The molecule has 138 valence electrons. The molecule has 0 saturated heterocycles. The molecule has 2 heterocycles. The molecule has 0 aliphatic heterocycles. The molecule has 1 aromatic carbocycles. The third-order valence-electron chi connectivity index (χ3n) is 3.25. The molecule has 0 spiro atoms. The number of alkyl halides is 3. The maximum atomic E-state index is 12.6. The fraction of sp³-hybridized carbons (Fsp3) is 0.267. The normalized spacial score (nSPS) is 11.7.